The van der Waals surface area contributed by atoms with Gasteiger partial charge in [0.2, 0.25) is 0 Å². The zero-order chi connectivity index (χ0) is 11.6. The summed E-state index contributed by atoms with van der Waals surface area (Å²) in [5.74, 6) is -0.984. The van der Waals surface area contributed by atoms with E-state index in [4.69, 9.17) is 5.11 Å². The van der Waals surface area contributed by atoms with Crippen LogP contribution in [-0.4, -0.2) is 21.6 Å². The zero-order valence-electron chi connectivity index (χ0n) is 9.36. The van der Waals surface area contributed by atoms with Crippen molar-refractivity contribution in [2.75, 3.05) is 5.32 Å². The van der Waals surface area contributed by atoms with Crippen molar-refractivity contribution in [2.45, 2.75) is 38.1 Å². The minimum absolute atomic E-state index is 0.0931. The number of anilines is 1. The molecule has 0 amide bonds. The second kappa shape index (κ2) is 4.12. The first-order valence-electron chi connectivity index (χ1n) is 5.63. The van der Waals surface area contributed by atoms with Crippen molar-refractivity contribution >= 4 is 11.7 Å². The van der Waals surface area contributed by atoms with Gasteiger partial charge in [-0.25, -0.2) is 9.78 Å². The number of pyridine rings is 1. The number of aromatic nitrogens is 1. The summed E-state index contributed by atoms with van der Waals surface area (Å²) in [6.07, 6.45) is 6.17. The van der Waals surface area contributed by atoms with Gasteiger partial charge in [-0.1, -0.05) is 6.92 Å². The number of carboxylic acids is 1. The first-order chi connectivity index (χ1) is 7.65. The molecule has 1 aliphatic rings. The molecule has 0 aliphatic heterocycles. The SMILES string of the molecule is CCC1(Nc2ccnc(C(=O)O)c2)CCC1. The predicted molar refractivity (Wildman–Crippen MR) is 61.7 cm³/mol. The number of carboxylic acid groups (broad SMARTS) is 1. The summed E-state index contributed by atoms with van der Waals surface area (Å²) in [5.41, 5.74) is 1.13. The van der Waals surface area contributed by atoms with E-state index in [0.717, 1.165) is 24.9 Å². The maximum absolute atomic E-state index is 10.8. The molecule has 1 aromatic heterocycles. The minimum Gasteiger partial charge on any atom is -0.477 e. The first kappa shape index (κ1) is 10.9. The van der Waals surface area contributed by atoms with Crippen LogP contribution in [0.3, 0.4) is 0 Å². The molecule has 0 atom stereocenters. The van der Waals surface area contributed by atoms with E-state index in [-0.39, 0.29) is 11.2 Å². The summed E-state index contributed by atoms with van der Waals surface area (Å²) in [6.45, 7) is 2.16. The Labute approximate surface area is 94.7 Å². The molecule has 86 valence electrons. The fourth-order valence-electron chi connectivity index (χ4n) is 2.10. The van der Waals surface area contributed by atoms with Crippen LogP contribution >= 0.6 is 0 Å². The highest BCUT2D eigenvalue weighted by molar-refractivity contribution is 5.86. The molecule has 4 heteroatoms. The molecule has 4 nitrogen and oxygen atoms in total. The fraction of sp³-hybridized carbons (Fsp3) is 0.500. The first-order valence-corrected chi connectivity index (χ1v) is 5.63. The smallest absolute Gasteiger partial charge is 0.354 e. The molecule has 1 saturated carbocycles. The largest absolute Gasteiger partial charge is 0.477 e. The van der Waals surface area contributed by atoms with Crippen LogP contribution in [0.2, 0.25) is 0 Å². The molecule has 16 heavy (non-hydrogen) atoms. The standard InChI is InChI=1S/C12H16N2O2/c1-2-12(5-3-6-12)14-9-4-7-13-10(8-9)11(15)16/h4,7-8H,2-3,5-6H2,1H3,(H,13,14)(H,15,16). The molecular weight excluding hydrogens is 204 g/mol. The summed E-state index contributed by atoms with van der Waals surface area (Å²) in [5, 5.41) is 12.3. The van der Waals surface area contributed by atoms with Crippen molar-refractivity contribution in [2.24, 2.45) is 0 Å². The van der Waals surface area contributed by atoms with E-state index in [1.54, 1.807) is 6.07 Å². The highest BCUT2D eigenvalue weighted by atomic mass is 16.4. The Morgan fingerprint density at radius 3 is 2.88 bits per heavy atom. The van der Waals surface area contributed by atoms with Gasteiger partial charge in [0.1, 0.15) is 5.69 Å². The van der Waals surface area contributed by atoms with Crippen molar-refractivity contribution in [3.63, 3.8) is 0 Å². The maximum Gasteiger partial charge on any atom is 0.354 e. The van der Waals surface area contributed by atoms with Crippen molar-refractivity contribution in [1.82, 2.24) is 4.98 Å². The van der Waals surface area contributed by atoms with Crippen molar-refractivity contribution in [3.8, 4) is 0 Å². The Bertz CT molecular complexity index is 394. The lowest BCUT2D eigenvalue weighted by Gasteiger charge is -2.43. The van der Waals surface area contributed by atoms with E-state index in [0.29, 0.717) is 0 Å². The molecule has 0 unspecified atom stereocenters. The van der Waals surface area contributed by atoms with Crippen molar-refractivity contribution in [3.05, 3.63) is 24.0 Å². The highest BCUT2D eigenvalue weighted by Crippen LogP contribution is 2.37. The average Bonchev–Trinajstić information content (AvgIpc) is 2.24. The van der Waals surface area contributed by atoms with Gasteiger partial charge in [0.25, 0.3) is 0 Å². The van der Waals surface area contributed by atoms with Gasteiger partial charge < -0.3 is 10.4 Å². The number of nitrogens with zero attached hydrogens (tertiary/aromatic N) is 1. The topological polar surface area (TPSA) is 62.2 Å². The van der Waals surface area contributed by atoms with Crippen LogP contribution in [0.1, 0.15) is 43.1 Å². The number of carbonyl (C=O) groups is 1. The number of rotatable bonds is 4. The molecule has 2 N–H and O–H groups in total. The molecule has 2 rings (SSSR count). The van der Waals surface area contributed by atoms with Gasteiger partial charge >= 0.3 is 5.97 Å². The second-order valence-electron chi connectivity index (χ2n) is 4.35. The van der Waals surface area contributed by atoms with Gasteiger partial charge in [-0.05, 0) is 37.8 Å². The number of hydrogen-bond donors (Lipinski definition) is 2. The molecule has 1 heterocycles. The summed E-state index contributed by atoms with van der Waals surface area (Å²) >= 11 is 0. The van der Waals surface area contributed by atoms with Crippen LogP contribution in [0, 0.1) is 0 Å². The Balaban J connectivity index is 2.15. The summed E-state index contributed by atoms with van der Waals surface area (Å²) < 4.78 is 0. The molecule has 0 aromatic carbocycles. The van der Waals surface area contributed by atoms with Gasteiger partial charge in [0, 0.05) is 17.4 Å². The van der Waals surface area contributed by atoms with Crippen LogP contribution in [0.25, 0.3) is 0 Å². The van der Waals surface area contributed by atoms with Crippen LogP contribution in [0.5, 0.6) is 0 Å². The normalized spacial score (nSPS) is 17.6. The van der Waals surface area contributed by atoms with Gasteiger partial charge in [0.05, 0.1) is 0 Å². The third-order valence-electron chi connectivity index (χ3n) is 3.38. The van der Waals surface area contributed by atoms with E-state index in [2.05, 4.69) is 17.2 Å². The van der Waals surface area contributed by atoms with Crippen LogP contribution in [0.4, 0.5) is 5.69 Å². The van der Waals surface area contributed by atoms with E-state index in [9.17, 15) is 4.79 Å². The molecule has 0 spiro atoms. The molecule has 1 aliphatic carbocycles. The zero-order valence-corrected chi connectivity index (χ0v) is 9.36. The molecule has 1 aromatic rings. The third kappa shape index (κ3) is 2.01. The Hall–Kier alpha value is -1.58. The summed E-state index contributed by atoms with van der Waals surface area (Å²) in [7, 11) is 0. The lowest BCUT2D eigenvalue weighted by Crippen LogP contribution is -2.44. The number of nitrogens with one attached hydrogen (secondary N) is 1. The van der Waals surface area contributed by atoms with Gasteiger partial charge in [-0.2, -0.15) is 0 Å². The monoisotopic (exact) mass is 220 g/mol. The van der Waals surface area contributed by atoms with Crippen LogP contribution in [-0.2, 0) is 0 Å². The van der Waals surface area contributed by atoms with Crippen molar-refractivity contribution in [1.29, 1.82) is 0 Å². The van der Waals surface area contributed by atoms with Crippen LogP contribution in [0.15, 0.2) is 18.3 Å². The minimum atomic E-state index is -0.984. The van der Waals surface area contributed by atoms with Gasteiger partial charge in [-0.3, -0.25) is 0 Å². The van der Waals surface area contributed by atoms with Gasteiger partial charge in [0.15, 0.2) is 0 Å². The highest BCUT2D eigenvalue weighted by Gasteiger charge is 2.34. The molecule has 0 radical (unpaired) electrons. The summed E-state index contributed by atoms with van der Waals surface area (Å²) in [6, 6.07) is 3.42. The molecule has 0 saturated heterocycles. The van der Waals surface area contributed by atoms with E-state index in [1.165, 1.54) is 12.6 Å². The predicted octanol–water partition coefficient (Wildman–Crippen LogP) is 2.52. The number of aromatic carboxylic acids is 1. The van der Waals surface area contributed by atoms with Crippen molar-refractivity contribution < 1.29 is 9.90 Å². The Morgan fingerprint density at radius 2 is 2.38 bits per heavy atom. The second-order valence-corrected chi connectivity index (χ2v) is 4.35. The van der Waals surface area contributed by atoms with E-state index < -0.39 is 5.97 Å². The lowest BCUT2D eigenvalue weighted by atomic mass is 9.74. The number of hydrogen-bond acceptors (Lipinski definition) is 3. The maximum atomic E-state index is 10.8. The average molecular weight is 220 g/mol. The third-order valence-corrected chi connectivity index (χ3v) is 3.38. The molecule has 0 bridgehead atoms. The van der Waals surface area contributed by atoms with Gasteiger partial charge in [-0.15, -0.1) is 0 Å². The summed E-state index contributed by atoms with van der Waals surface area (Å²) in [4.78, 5) is 14.6. The fourth-order valence-corrected chi connectivity index (χ4v) is 2.10. The molecular formula is C12H16N2O2. The van der Waals surface area contributed by atoms with E-state index in [1.807, 2.05) is 6.07 Å². The Kier molecular flexibility index (Phi) is 2.81. The molecule has 1 fully saturated rings. The lowest BCUT2D eigenvalue weighted by molar-refractivity contribution is 0.0690. The Morgan fingerprint density at radius 1 is 1.62 bits per heavy atom. The van der Waals surface area contributed by atoms with Crippen LogP contribution < -0.4 is 5.32 Å². The quantitative estimate of drug-likeness (QED) is 0.818. The van der Waals surface area contributed by atoms with E-state index >= 15 is 0 Å².